The van der Waals surface area contributed by atoms with Crippen molar-refractivity contribution in [1.29, 1.82) is 0 Å². The highest BCUT2D eigenvalue weighted by atomic mass is 19.1. The zero-order valence-electron chi connectivity index (χ0n) is 13.2. The van der Waals surface area contributed by atoms with Crippen LogP contribution in [0.5, 0.6) is 0 Å². The molecular weight excluding hydrogens is 286 g/mol. The highest BCUT2D eigenvalue weighted by Crippen LogP contribution is 2.21. The fourth-order valence-electron chi connectivity index (χ4n) is 2.91. The van der Waals surface area contributed by atoms with Gasteiger partial charge in [-0.25, -0.2) is 8.78 Å². The molecule has 1 aromatic carbocycles. The Balaban J connectivity index is 1.78. The highest BCUT2D eigenvalue weighted by molar-refractivity contribution is 5.76. The molecule has 1 amide bonds. The van der Waals surface area contributed by atoms with E-state index in [4.69, 9.17) is 0 Å². The molecule has 122 valence electrons. The summed E-state index contributed by atoms with van der Waals surface area (Å²) in [6.07, 6.45) is 3.61. The van der Waals surface area contributed by atoms with Gasteiger partial charge in [0.2, 0.25) is 5.91 Å². The Labute approximate surface area is 130 Å². The van der Waals surface area contributed by atoms with Gasteiger partial charge in [-0.05, 0) is 69.9 Å². The molecule has 0 radical (unpaired) electrons. The first-order valence-corrected chi connectivity index (χ1v) is 7.88. The molecule has 22 heavy (non-hydrogen) atoms. The van der Waals surface area contributed by atoms with Gasteiger partial charge in [0.1, 0.15) is 11.6 Å². The van der Waals surface area contributed by atoms with Crippen LogP contribution < -0.4 is 5.32 Å². The largest absolute Gasteiger partial charge is 0.350 e. The molecule has 0 aromatic heterocycles. The van der Waals surface area contributed by atoms with E-state index in [-0.39, 0.29) is 5.91 Å². The molecule has 5 heteroatoms. The number of amides is 1. The zero-order chi connectivity index (χ0) is 16.1. The van der Waals surface area contributed by atoms with E-state index in [0.717, 1.165) is 38.4 Å². The Bertz CT molecular complexity index is 493. The predicted octanol–water partition coefficient (Wildman–Crippen LogP) is 3.26. The molecule has 1 fully saturated rings. The Morgan fingerprint density at radius 3 is 2.45 bits per heavy atom. The fourth-order valence-corrected chi connectivity index (χ4v) is 2.91. The molecule has 0 spiro atoms. The van der Waals surface area contributed by atoms with Crippen molar-refractivity contribution >= 4 is 5.91 Å². The van der Waals surface area contributed by atoms with Crippen molar-refractivity contribution in [3.63, 3.8) is 0 Å². The third kappa shape index (κ3) is 5.05. The van der Waals surface area contributed by atoms with E-state index in [1.807, 2.05) is 0 Å². The summed E-state index contributed by atoms with van der Waals surface area (Å²) < 4.78 is 26.4. The SMILES string of the molecule is C[C@@H](NC(=O)CCC1CCN(C)CC1)c1cc(F)cc(F)c1. The maximum absolute atomic E-state index is 13.2. The zero-order valence-corrected chi connectivity index (χ0v) is 13.2. The first kappa shape index (κ1) is 16.9. The van der Waals surface area contributed by atoms with Gasteiger partial charge in [-0.2, -0.15) is 0 Å². The van der Waals surface area contributed by atoms with Crippen LogP contribution in [0.4, 0.5) is 8.78 Å². The molecule has 1 atom stereocenters. The maximum atomic E-state index is 13.2. The number of nitrogens with zero attached hydrogens (tertiary/aromatic N) is 1. The van der Waals surface area contributed by atoms with Gasteiger partial charge < -0.3 is 10.2 Å². The smallest absolute Gasteiger partial charge is 0.220 e. The van der Waals surface area contributed by atoms with Gasteiger partial charge >= 0.3 is 0 Å². The molecule has 1 heterocycles. The Hall–Kier alpha value is -1.49. The van der Waals surface area contributed by atoms with Crippen molar-refractivity contribution in [3.05, 3.63) is 35.4 Å². The van der Waals surface area contributed by atoms with Crippen molar-refractivity contribution < 1.29 is 13.6 Å². The number of piperidine rings is 1. The van der Waals surface area contributed by atoms with Gasteiger partial charge in [0.05, 0.1) is 6.04 Å². The standard InChI is InChI=1S/C17H24F2N2O/c1-12(14-9-15(18)11-16(19)10-14)20-17(22)4-3-13-5-7-21(2)8-6-13/h9-13H,3-8H2,1-2H3,(H,20,22)/t12-/m1/s1. The molecule has 3 nitrogen and oxygen atoms in total. The van der Waals surface area contributed by atoms with E-state index in [1.54, 1.807) is 6.92 Å². The third-order valence-corrected chi connectivity index (χ3v) is 4.38. The fraction of sp³-hybridized carbons (Fsp3) is 0.588. The highest BCUT2D eigenvalue weighted by Gasteiger charge is 2.18. The van der Waals surface area contributed by atoms with Gasteiger partial charge in [0.25, 0.3) is 0 Å². The number of hydrogen-bond donors (Lipinski definition) is 1. The molecule has 1 aliphatic heterocycles. The molecule has 0 aliphatic carbocycles. The molecule has 1 saturated heterocycles. The van der Waals surface area contributed by atoms with E-state index in [2.05, 4.69) is 17.3 Å². The second kappa shape index (κ2) is 7.68. The quantitative estimate of drug-likeness (QED) is 0.905. The summed E-state index contributed by atoms with van der Waals surface area (Å²) >= 11 is 0. The van der Waals surface area contributed by atoms with E-state index < -0.39 is 17.7 Å². The lowest BCUT2D eigenvalue weighted by Gasteiger charge is -2.28. The minimum absolute atomic E-state index is 0.0592. The lowest BCUT2D eigenvalue weighted by Crippen LogP contribution is -2.31. The van der Waals surface area contributed by atoms with Crippen LogP contribution in [-0.2, 0) is 4.79 Å². The molecule has 1 aromatic rings. The van der Waals surface area contributed by atoms with Crippen molar-refractivity contribution in [1.82, 2.24) is 10.2 Å². The van der Waals surface area contributed by atoms with Crippen LogP contribution >= 0.6 is 0 Å². The van der Waals surface area contributed by atoms with E-state index in [0.29, 0.717) is 17.9 Å². The number of carbonyl (C=O) groups is 1. The van der Waals surface area contributed by atoms with E-state index in [9.17, 15) is 13.6 Å². The summed E-state index contributed by atoms with van der Waals surface area (Å²) in [5.74, 6) is -0.704. The molecule has 1 N–H and O–H groups in total. The topological polar surface area (TPSA) is 32.3 Å². The average molecular weight is 310 g/mol. The average Bonchev–Trinajstić information content (AvgIpc) is 2.45. The lowest BCUT2D eigenvalue weighted by molar-refractivity contribution is -0.122. The number of hydrogen-bond acceptors (Lipinski definition) is 2. The summed E-state index contributed by atoms with van der Waals surface area (Å²) in [7, 11) is 2.11. The van der Waals surface area contributed by atoms with Crippen LogP contribution in [0.25, 0.3) is 0 Å². The summed E-state index contributed by atoms with van der Waals surface area (Å²) in [6.45, 7) is 3.91. The van der Waals surface area contributed by atoms with Crippen LogP contribution in [0.3, 0.4) is 0 Å². The van der Waals surface area contributed by atoms with Crippen molar-refractivity contribution in [2.24, 2.45) is 5.92 Å². The minimum atomic E-state index is -0.623. The monoisotopic (exact) mass is 310 g/mol. The predicted molar refractivity (Wildman–Crippen MR) is 82.4 cm³/mol. The third-order valence-electron chi connectivity index (χ3n) is 4.38. The van der Waals surface area contributed by atoms with Gasteiger partial charge in [-0.15, -0.1) is 0 Å². The number of carbonyl (C=O) groups excluding carboxylic acids is 1. The van der Waals surface area contributed by atoms with Crippen molar-refractivity contribution in [2.75, 3.05) is 20.1 Å². The van der Waals surface area contributed by atoms with Crippen LogP contribution in [-0.4, -0.2) is 30.9 Å². The summed E-state index contributed by atoms with van der Waals surface area (Å²) in [4.78, 5) is 14.3. The molecule has 0 bridgehead atoms. The summed E-state index contributed by atoms with van der Waals surface area (Å²) in [5.41, 5.74) is 0.449. The number of benzene rings is 1. The summed E-state index contributed by atoms with van der Waals surface area (Å²) in [6, 6.07) is 2.95. The molecule has 2 rings (SSSR count). The number of likely N-dealkylation sites (tertiary alicyclic amines) is 1. The first-order chi connectivity index (χ1) is 10.4. The van der Waals surface area contributed by atoms with Crippen LogP contribution in [0, 0.1) is 17.6 Å². The molecule has 0 saturated carbocycles. The normalized spacial score (nSPS) is 18.2. The number of nitrogens with one attached hydrogen (secondary N) is 1. The van der Waals surface area contributed by atoms with Crippen LogP contribution in [0.1, 0.15) is 44.2 Å². The number of rotatable bonds is 5. The van der Waals surface area contributed by atoms with Gasteiger partial charge in [-0.3, -0.25) is 4.79 Å². The Morgan fingerprint density at radius 2 is 1.86 bits per heavy atom. The van der Waals surface area contributed by atoms with Crippen LogP contribution in [0.15, 0.2) is 18.2 Å². The second-order valence-electron chi connectivity index (χ2n) is 6.28. The summed E-state index contributed by atoms with van der Waals surface area (Å²) in [5, 5.41) is 2.82. The van der Waals surface area contributed by atoms with Crippen molar-refractivity contribution in [3.8, 4) is 0 Å². The molecule has 0 unspecified atom stereocenters. The molecule has 1 aliphatic rings. The lowest BCUT2D eigenvalue weighted by atomic mass is 9.92. The second-order valence-corrected chi connectivity index (χ2v) is 6.28. The van der Waals surface area contributed by atoms with Gasteiger partial charge in [0.15, 0.2) is 0 Å². The van der Waals surface area contributed by atoms with E-state index >= 15 is 0 Å². The van der Waals surface area contributed by atoms with Crippen molar-refractivity contribution in [2.45, 2.75) is 38.6 Å². The first-order valence-electron chi connectivity index (χ1n) is 7.88. The minimum Gasteiger partial charge on any atom is -0.350 e. The van der Waals surface area contributed by atoms with Gasteiger partial charge in [0, 0.05) is 12.5 Å². The Morgan fingerprint density at radius 1 is 1.27 bits per heavy atom. The maximum Gasteiger partial charge on any atom is 0.220 e. The number of halogens is 2. The van der Waals surface area contributed by atoms with E-state index in [1.165, 1.54) is 12.1 Å². The Kier molecular flexibility index (Phi) is 5.89. The molecular formula is C17H24F2N2O. The van der Waals surface area contributed by atoms with Gasteiger partial charge in [-0.1, -0.05) is 0 Å². The van der Waals surface area contributed by atoms with Crippen LogP contribution in [0.2, 0.25) is 0 Å².